The van der Waals surface area contributed by atoms with Gasteiger partial charge in [0.2, 0.25) is 17.8 Å². The average Bonchev–Trinajstić information content (AvgIpc) is 3.44. The summed E-state index contributed by atoms with van der Waals surface area (Å²) in [5.74, 6) is 2.53. The van der Waals surface area contributed by atoms with Crippen LogP contribution in [0.5, 0.6) is 0 Å². The highest BCUT2D eigenvalue weighted by Crippen LogP contribution is 2.26. The number of rotatable bonds is 15. The molecule has 0 bridgehead atoms. The van der Waals surface area contributed by atoms with Crippen molar-refractivity contribution in [1.82, 2.24) is 20.3 Å². The Balaban J connectivity index is 1.13. The molecule has 2 aromatic rings. The van der Waals surface area contributed by atoms with E-state index >= 15 is 0 Å². The molecule has 2 saturated carbocycles. The van der Waals surface area contributed by atoms with Gasteiger partial charge in [-0.3, -0.25) is 4.79 Å². The number of nitrogens with zero attached hydrogens (tertiary/aromatic N) is 3. The molecule has 208 valence electrons. The van der Waals surface area contributed by atoms with E-state index in [0.717, 1.165) is 31.6 Å². The summed E-state index contributed by atoms with van der Waals surface area (Å²) in [5, 5.41) is 13.2. The first-order valence-corrected chi connectivity index (χ1v) is 14.2. The molecule has 2 aliphatic carbocycles. The van der Waals surface area contributed by atoms with Crippen molar-refractivity contribution < 1.29 is 14.3 Å². The fourth-order valence-corrected chi connectivity index (χ4v) is 4.91. The number of nitrogens with one attached hydrogen (secondary N) is 4. The summed E-state index contributed by atoms with van der Waals surface area (Å²) in [5.41, 5.74) is 0.648. The van der Waals surface area contributed by atoms with Crippen molar-refractivity contribution in [2.24, 2.45) is 5.92 Å². The van der Waals surface area contributed by atoms with Crippen LogP contribution in [0, 0.1) is 5.92 Å². The lowest BCUT2D eigenvalue weighted by atomic mass is 9.87. The second-order valence-electron chi connectivity index (χ2n) is 10.3. The van der Waals surface area contributed by atoms with E-state index in [-0.39, 0.29) is 5.91 Å². The number of amides is 1. The molecule has 0 saturated heterocycles. The molecular formula is C28H43N7O3. The summed E-state index contributed by atoms with van der Waals surface area (Å²) in [7, 11) is 0. The predicted octanol–water partition coefficient (Wildman–Crippen LogP) is 4.09. The quantitative estimate of drug-likeness (QED) is 0.255. The summed E-state index contributed by atoms with van der Waals surface area (Å²) in [6, 6.07) is 10.0. The molecule has 2 aliphatic rings. The fraction of sp³-hybridized carbons (Fsp3) is 0.643. The van der Waals surface area contributed by atoms with Gasteiger partial charge >= 0.3 is 0 Å². The first-order valence-electron chi connectivity index (χ1n) is 14.2. The van der Waals surface area contributed by atoms with Crippen molar-refractivity contribution >= 4 is 23.8 Å². The van der Waals surface area contributed by atoms with Gasteiger partial charge in [-0.05, 0) is 56.6 Å². The Morgan fingerprint density at radius 2 is 1.34 bits per heavy atom. The molecule has 1 aromatic heterocycles. The molecule has 0 unspecified atom stereocenters. The topological polar surface area (TPSA) is 122 Å². The number of hydrogen-bond acceptors (Lipinski definition) is 9. The zero-order valence-corrected chi connectivity index (χ0v) is 22.6. The molecule has 0 radical (unpaired) electrons. The summed E-state index contributed by atoms with van der Waals surface area (Å²) < 4.78 is 11.2. The van der Waals surface area contributed by atoms with Crippen molar-refractivity contribution in [3.05, 3.63) is 35.9 Å². The van der Waals surface area contributed by atoms with Gasteiger partial charge in [-0.25, -0.2) is 0 Å². The maximum absolute atomic E-state index is 12.0. The van der Waals surface area contributed by atoms with Crippen molar-refractivity contribution in [1.29, 1.82) is 0 Å². The van der Waals surface area contributed by atoms with Crippen molar-refractivity contribution in [2.45, 2.75) is 70.4 Å². The summed E-state index contributed by atoms with van der Waals surface area (Å²) in [4.78, 5) is 25.9. The molecule has 1 heterocycles. The lowest BCUT2D eigenvalue weighted by molar-refractivity contribution is 0.0519. The first kappa shape index (κ1) is 28.0. The van der Waals surface area contributed by atoms with Gasteiger partial charge in [0.05, 0.1) is 26.4 Å². The normalized spacial score (nSPS) is 19.7. The van der Waals surface area contributed by atoms with Crippen molar-refractivity contribution in [2.75, 3.05) is 55.5 Å². The van der Waals surface area contributed by atoms with E-state index in [9.17, 15) is 4.79 Å². The molecule has 1 aromatic carbocycles. The number of carbonyl (C=O) groups is 1. The molecule has 0 aliphatic heterocycles. The molecule has 0 spiro atoms. The minimum absolute atomic E-state index is 0.0943. The molecule has 0 atom stereocenters. The number of aromatic nitrogens is 3. The second kappa shape index (κ2) is 15.4. The number of benzene rings is 1. The molecule has 10 heteroatoms. The van der Waals surface area contributed by atoms with E-state index in [1.807, 2.05) is 18.2 Å². The minimum atomic E-state index is -0.0943. The van der Waals surface area contributed by atoms with E-state index in [2.05, 4.69) is 43.1 Å². The molecule has 4 rings (SSSR count). The van der Waals surface area contributed by atoms with Crippen LogP contribution in [0.15, 0.2) is 30.3 Å². The Bertz CT molecular complexity index is 964. The summed E-state index contributed by atoms with van der Waals surface area (Å²) in [6.45, 7) is 5.27. The van der Waals surface area contributed by atoms with Gasteiger partial charge in [-0.1, -0.05) is 38.0 Å². The number of anilines is 3. The minimum Gasteiger partial charge on any atom is -0.377 e. The lowest BCUT2D eigenvalue weighted by Crippen LogP contribution is -2.27. The van der Waals surface area contributed by atoms with Gasteiger partial charge in [0.25, 0.3) is 5.91 Å². The van der Waals surface area contributed by atoms with Crippen LogP contribution in [0.1, 0.15) is 68.6 Å². The third-order valence-electron chi connectivity index (χ3n) is 7.14. The predicted molar refractivity (Wildman–Crippen MR) is 150 cm³/mol. The SMILES string of the molecule is CC1CCC(Nc2nc(NCCOCCOCCNC(=O)c3ccccc3)nc(NC3CCCC3)n2)CC1. The Morgan fingerprint density at radius 1 is 0.763 bits per heavy atom. The fourth-order valence-electron chi connectivity index (χ4n) is 4.91. The summed E-state index contributed by atoms with van der Waals surface area (Å²) >= 11 is 0. The van der Waals surface area contributed by atoms with Gasteiger partial charge < -0.3 is 30.7 Å². The van der Waals surface area contributed by atoms with Crippen LogP contribution in [0.3, 0.4) is 0 Å². The van der Waals surface area contributed by atoms with Gasteiger partial charge in [0.15, 0.2) is 0 Å². The Morgan fingerprint density at radius 3 is 2.00 bits per heavy atom. The van der Waals surface area contributed by atoms with Crippen LogP contribution in [-0.2, 0) is 9.47 Å². The van der Waals surface area contributed by atoms with Crippen LogP contribution >= 0.6 is 0 Å². The van der Waals surface area contributed by atoms with Crippen molar-refractivity contribution in [3.63, 3.8) is 0 Å². The molecular weight excluding hydrogens is 482 g/mol. The molecule has 4 N–H and O–H groups in total. The van der Waals surface area contributed by atoms with E-state index in [4.69, 9.17) is 9.47 Å². The van der Waals surface area contributed by atoms with Gasteiger partial charge in [0, 0.05) is 30.7 Å². The van der Waals surface area contributed by atoms with E-state index in [0.29, 0.717) is 75.0 Å². The van der Waals surface area contributed by atoms with Crippen LogP contribution in [-0.4, -0.2) is 72.5 Å². The third-order valence-corrected chi connectivity index (χ3v) is 7.14. The number of ether oxygens (including phenoxy) is 2. The second-order valence-corrected chi connectivity index (χ2v) is 10.3. The highest BCUT2D eigenvalue weighted by Gasteiger charge is 2.21. The van der Waals surface area contributed by atoms with Gasteiger partial charge in [0.1, 0.15) is 0 Å². The Labute approximate surface area is 226 Å². The maximum Gasteiger partial charge on any atom is 0.251 e. The lowest BCUT2D eigenvalue weighted by Gasteiger charge is -2.27. The standard InChI is InChI=1S/C28H43N7O3/c1-21-11-13-24(14-12-21)32-28-34-26(33-27(35-28)31-23-9-5-6-10-23)30-16-18-38-20-19-37-17-15-29-25(36)22-7-3-2-4-8-22/h2-4,7-8,21,23-24H,5-6,9-20H2,1H3,(H,29,36)(H3,30,31,32,33,34,35). The van der Waals surface area contributed by atoms with Crippen LogP contribution < -0.4 is 21.3 Å². The number of carbonyl (C=O) groups excluding carboxylic acids is 1. The van der Waals surface area contributed by atoms with Gasteiger partial charge in [-0.15, -0.1) is 0 Å². The van der Waals surface area contributed by atoms with E-state index in [1.165, 1.54) is 25.7 Å². The smallest absolute Gasteiger partial charge is 0.251 e. The first-order chi connectivity index (χ1) is 18.7. The highest BCUT2D eigenvalue weighted by atomic mass is 16.5. The van der Waals surface area contributed by atoms with Gasteiger partial charge in [-0.2, -0.15) is 15.0 Å². The number of hydrogen-bond donors (Lipinski definition) is 4. The Hall–Kier alpha value is -2.98. The highest BCUT2D eigenvalue weighted by molar-refractivity contribution is 5.94. The zero-order chi connectivity index (χ0) is 26.4. The monoisotopic (exact) mass is 525 g/mol. The van der Waals surface area contributed by atoms with Crippen LogP contribution in [0.25, 0.3) is 0 Å². The average molecular weight is 526 g/mol. The largest absolute Gasteiger partial charge is 0.377 e. The van der Waals surface area contributed by atoms with E-state index < -0.39 is 0 Å². The van der Waals surface area contributed by atoms with Crippen molar-refractivity contribution in [3.8, 4) is 0 Å². The Kier molecular flexibility index (Phi) is 11.4. The van der Waals surface area contributed by atoms with Crippen LogP contribution in [0.4, 0.5) is 17.8 Å². The van der Waals surface area contributed by atoms with E-state index in [1.54, 1.807) is 12.1 Å². The zero-order valence-electron chi connectivity index (χ0n) is 22.6. The summed E-state index contributed by atoms with van der Waals surface area (Å²) in [6.07, 6.45) is 9.60. The third kappa shape index (κ3) is 9.72. The maximum atomic E-state index is 12.0. The molecule has 10 nitrogen and oxygen atoms in total. The molecule has 1 amide bonds. The van der Waals surface area contributed by atoms with Crippen LogP contribution in [0.2, 0.25) is 0 Å². The molecule has 2 fully saturated rings. The molecule has 38 heavy (non-hydrogen) atoms.